The van der Waals surface area contributed by atoms with Crippen LogP contribution < -0.4 is 10.1 Å². The predicted octanol–water partition coefficient (Wildman–Crippen LogP) is 3.37. The number of halogens is 2. The van der Waals surface area contributed by atoms with Crippen LogP contribution in [0, 0.1) is 0 Å². The lowest BCUT2D eigenvalue weighted by atomic mass is 10.2. The Kier molecular flexibility index (Phi) is 8.83. The molecule has 1 aromatic rings. The first-order valence-corrected chi connectivity index (χ1v) is 8.39. The van der Waals surface area contributed by atoms with Crippen molar-refractivity contribution in [1.29, 1.82) is 0 Å². The fourth-order valence-corrected chi connectivity index (χ4v) is 3.04. The van der Waals surface area contributed by atoms with Crippen molar-refractivity contribution >= 4 is 34.2 Å². The average Bonchev–Trinajstić information content (AvgIpc) is 2.87. The van der Waals surface area contributed by atoms with Gasteiger partial charge in [0.25, 0.3) is 0 Å². The van der Waals surface area contributed by atoms with Gasteiger partial charge in [-0.3, -0.25) is 4.79 Å². The Labute approximate surface area is 147 Å². The van der Waals surface area contributed by atoms with Crippen molar-refractivity contribution in [1.82, 2.24) is 10.2 Å². The van der Waals surface area contributed by atoms with E-state index in [2.05, 4.69) is 33.4 Å². The lowest BCUT2D eigenvalue weighted by Gasteiger charge is -2.15. The van der Waals surface area contributed by atoms with Gasteiger partial charge in [0.1, 0.15) is 5.75 Å². The third-order valence-corrected chi connectivity index (χ3v) is 4.20. The number of rotatable bonds is 8. The van der Waals surface area contributed by atoms with E-state index >= 15 is 0 Å². The maximum Gasteiger partial charge on any atom is 0.222 e. The Morgan fingerprint density at radius 1 is 1.41 bits per heavy atom. The molecule has 0 spiro atoms. The van der Waals surface area contributed by atoms with E-state index in [1.165, 1.54) is 5.56 Å². The molecule has 22 heavy (non-hydrogen) atoms. The second-order valence-electron chi connectivity index (χ2n) is 5.21. The molecule has 2 rings (SSSR count). The molecule has 0 atom stereocenters. The second kappa shape index (κ2) is 10.1. The van der Waals surface area contributed by atoms with Gasteiger partial charge in [0, 0.05) is 26.1 Å². The molecule has 1 saturated heterocycles. The van der Waals surface area contributed by atoms with Crippen LogP contribution in [0.2, 0.25) is 0 Å². The minimum Gasteiger partial charge on any atom is -0.493 e. The Balaban J connectivity index is 0.00000242. The first-order chi connectivity index (χ1) is 10.2. The molecule has 6 heteroatoms. The molecule has 0 aliphatic carbocycles. The highest BCUT2D eigenvalue weighted by Crippen LogP contribution is 2.25. The minimum absolute atomic E-state index is 0. The van der Waals surface area contributed by atoms with Gasteiger partial charge >= 0.3 is 0 Å². The highest BCUT2D eigenvalue weighted by atomic mass is 79.9. The predicted molar refractivity (Wildman–Crippen MR) is 94.7 cm³/mol. The maximum atomic E-state index is 11.5. The molecule has 1 aliphatic rings. The van der Waals surface area contributed by atoms with Crippen molar-refractivity contribution < 1.29 is 9.53 Å². The summed E-state index contributed by atoms with van der Waals surface area (Å²) in [7, 11) is 0. The Hall–Kier alpha value is -0.780. The van der Waals surface area contributed by atoms with Gasteiger partial charge in [-0.1, -0.05) is 6.07 Å². The SMILES string of the molecule is CCOc1ccc(CNCCCN2CCCC2=O)cc1Br.Cl. The molecular formula is C16H24BrClN2O2. The van der Waals surface area contributed by atoms with Gasteiger partial charge in [-0.25, -0.2) is 0 Å². The first kappa shape index (κ1) is 19.3. The quantitative estimate of drug-likeness (QED) is 0.691. The number of amides is 1. The number of nitrogens with zero attached hydrogens (tertiary/aromatic N) is 1. The molecule has 0 bridgehead atoms. The summed E-state index contributed by atoms with van der Waals surface area (Å²) < 4.78 is 6.49. The fourth-order valence-electron chi connectivity index (χ4n) is 2.49. The highest BCUT2D eigenvalue weighted by molar-refractivity contribution is 9.10. The molecule has 0 unspecified atom stereocenters. The maximum absolute atomic E-state index is 11.5. The smallest absolute Gasteiger partial charge is 0.222 e. The van der Waals surface area contributed by atoms with Crippen molar-refractivity contribution in [3.05, 3.63) is 28.2 Å². The third kappa shape index (κ3) is 5.78. The molecular weight excluding hydrogens is 368 g/mol. The van der Waals surface area contributed by atoms with Crippen LogP contribution in [0.3, 0.4) is 0 Å². The molecule has 1 aliphatic heterocycles. The van der Waals surface area contributed by atoms with Gasteiger partial charge < -0.3 is 15.0 Å². The van der Waals surface area contributed by atoms with E-state index in [0.29, 0.717) is 12.5 Å². The number of carbonyl (C=O) groups excluding carboxylic acids is 1. The summed E-state index contributed by atoms with van der Waals surface area (Å²) >= 11 is 3.53. The van der Waals surface area contributed by atoms with Gasteiger partial charge in [0.05, 0.1) is 11.1 Å². The number of benzene rings is 1. The van der Waals surface area contributed by atoms with Gasteiger partial charge in [0.15, 0.2) is 0 Å². The van der Waals surface area contributed by atoms with E-state index < -0.39 is 0 Å². The van der Waals surface area contributed by atoms with E-state index in [9.17, 15) is 4.79 Å². The molecule has 0 aromatic heterocycles. The molecule has 1 heterocycles. The van der Waals surface area contributed by atoms with Crippen molar-refractivity contribution in [2.45, 2.75) is 32.7 Å². The summed E-state index contributed by atoms with van der Waals surface area (Å²) in [5.74, 6) is 1.19. The van der Waals surface area contributed by atoms with E-state index in [4.69, 9.17) is 4.74 Å². The number of carbonyl (C=O) groups is 1. The van der Waals surface area contributed by atoms with Crippen LogP contribution in [0.15, 0.2) is 22.7 Å². The van der Waals surface area contributed by atoms with Crippen LogP contribution in [0.25, 0.3) is 0 Å². The zero-order chi connectivity index (χ0) is 15.1. The van der Waals surface area contributed by atoms with E-state index in [0.717, 1.165) is 55.7 Å². The topological polar surface area (TPSA) is 41.6 Å². The highest BCUT2D eigenvalue weighted by Gasteiger charge is 2.18. The van der Waals surface area contributed by atoms with E-state index in [1.54, 1.807) is 0 Å². The minimum atomic E-state index is 0. The lowest BCUT2D eigenvalue weighted by Crippen LogP contribution is -2.28. The monoisotopic (exact) mass is 390 g/mol. The fraction of sp³-hybridized carbons (Fsp3) is 0.562. The van der Waals surface area contributed by atoms with Gasteiger partial charge in [-0.05, 0) is 59.9 Å². The molecule has 4 nitrogen and oxygen atoms in total. The molecule has 1 N–H and O–H groups in total. The molecule has 1 amide bonds. The summed E-state index contributed by atoms with van der Waals surface area (Å²) in [6.45, 7) is 6.22. The average molecular weight is 392 g/mol. The third-order valence-electron chi connectivity index (χ3n) is 3.58. The Morgan fingerprint density at radius 3 is 2.86 bits per heavy atom. The summed E-state index contributed by atoms with van der Waals surface area (Å²) in [6.07, 6.45) is 2.75. The molecule has 1 aromatic carbocycles. The number of likely N-dealkylation sites (tertiary alicyclic amines) is 1. The summed E-state index contributed by atoms with van der Waals surface area (Å²) in [4.78, 5) is 13.4. The van der Waals surface area contributed by atoms with Crippen molar-refractivity contribution in [2.24, 2.45) is 0 Å². The summed E-state index contributed by atoms with van der Waals surface area (Å²) in [5.41, 5.74) is 1.22. The number of hydrogen-bond donors (Lipinski definition) is 1. The zero-order valence-electron chi connectivity index (χ0n) is 12.9. The molecule has 124 valence electrons. The van der Waals surface area contributed by atoms with Crippen LogP contribution in [0.5, 0.6) is 5.75 Å². The zero-order valence-corrected chi connectivity index (χ0v) is 15.3. The Morgan fingerprint density at radius 2 is 2.23 bits per heavy atom. The van der Waals surface area contributed by atoms with Gasteiger partial charge in [-0.2, -0.15) is 0 Å². The molecule has 0 saturated carbocycles. The van der Waals surface area contributed by atoms with Crippen LogP contribution in [-0.4, -0.2) is 37.0 Å². The largest absolute Gasteiger partial charge is 0.493 e. The van der Waals surface area contributed by atoms with Crippen molar-refractivity contribution in [2.75, 3.05) is 26.2 Å². The van der Waals surface area contributed by atoms with Crippen LogP contribution in [0.4, 0.5) is 0 Å². The number of hydrogen-bond acceptors (Lipinski definition) is 3. The normalized spacial score (nSPS) is 14.1. The van der Waals surface area contributed by atoms with E-state index in [-0.39, 0.29) is 12.4 Å². The number of nitrogens with one attached hydrogen (secondary N) is 1. The summed E-state index contributed by atoms with van der Waals surface area (Å²) in [6, 6.07) is 6.15. The number of ether oxygens (including phenoxy) is 1. The molecule has 0 radical (unpaired) electrons. The van der Waals surface area contributed by atoms with Crippen molar-refractivity contribution in [3.63, 3.8) is 0 Å². The van der Waals surface area contributed by atoms with Gasteiger partial charge in [-0.15, -0.1) is 12.4 Å². The standard InChI is InChI=1S/C16H23BrN2O2.ClH/c1-2-21-15-7-6-13(11-14(15)17)12-18-8-4-10-19-9-3-5-16(19)20;/h6-7,11,18H,2-5,8-10,12H2,1H3;1H. The van der Waals surface area contributed by atoms with Crippen molar-refractivity contribution in [3.8, 4) is 5.75 Å². The van der Waals surface area contributed by atoms with Crippen LogP contribution in [0.1, 0.15) is 31.7 Å². The lowest BCUT2D eigenvalue weighted by molar-refractivity contribution is -0.127. The molecule has 1 fully saturated rings. The second-order valence-corrected chi connectivity index (χ2v) is 6.07. The van der Waals surface area contributed by atoms with Crippen LogP contribution in [-0.2, 0) is 11.3 Å². The van der Waals surface area contributed by atoms with Gasteiger partial charge in [0.2, 0.25) is 5.91 Å². The van der Waals surface area contributed by atoms with E-state index in [1.807, 2.05) is 17.9 Å². The van der Waals surface area contributed by atoms with Crippen LogP contribution >= 0.6 is 28.3 Å². The summed E-state index contributed by atoms with van der Waals surface area (Å²) in [5, 5.41) is 3.42. The Bertz CT molecular complexity index is 485. The first-order valence-electron chi connectivity index (χ1n) is 7.60.